The van der Waals surface area contributed by atoms with E-state index in [9.17, 15) is 4.39 Å². The number of hydrogen-bond donors (Lipinski definition) is 1. The van der Waals surface area contributed by atoms with Gasteiger partial charge in [-0.05, 0) is 49.3 Å². The van der Waals surface area contributed by atoms with Gasteiger partial charge in [0.15, 0.2) is 0 Å². The normalized spacial score (nSPS) is 24.9. The van der Waals surface area contributed by atoms with E-state index in [0.29, 0.717) is 6.04 Å². The third-order valence-electron chi connectivity index (χ3n) is 4.15. The van der Waals surface area contributed by atoms with Crippen LogP contribution < -0.4 is 5.32 Å². The third kappa shape index (κ3) is 3.72. The number of nitrogens with one attached hydrogen (secondary N) is 1. The predicted molar refractivity (Wildman–Crippen MR) is 75.2 cm³/mol. The van der Waals surface area contributed by atoms with Crippen molar-refractivity contribution in [1.29, 1.82) is 0 Å². The molecule has 2 atom stereocenters. The van der Waals surface area contributed by atoms with Gasteiger partial charge in [-0.25, -0.2) is 4.39 Å². The molecule has 1 aromatic carbocycles. The van der Waals surface area contributed by atoms with Crippen LogP contribution in [0.1, 0.15) is 46.0 Å². The Labute approximate surface area is 110 Å². The van der Waals surface area contributed by atoms with Gasteiger partial charge in [0, 0.05) is 11.7 Å². The lowest BCUT2D eigenvalue weighted by Gasteiger charge is -2.19. The quantitative estimate of drug-likeness (QED) is 0.756. The van der Waals surface area contributed by atoms with E-state index in [-0.39, 0.29) is 5.82 Å². The zero-order chi connectivity index (χ0) is 13.0. The molecule has 0 saturated heterocycles. The highest BCUT2D eigenvalue weighted by molar-refractivity contribution is 5.43. The summed E-state index contributed by atoms with van der Waals surface area (Å²) >= 11 is 0. The summed E-state index contributed by atoms with van der Waals surface area (Å²) in [5.41, 5.74) is 0.919. The molecule has 0 aromatic heterocycles. The second-order valence-corrected chi connectivity index (χ2v) is 5.86. The average molecular weight is 249 g/mol. The van der Waals surface area contributed by atoms with Gasteiger partial charge in [0.25, 0.3) is 0 Å². The van der Waals surface area contributed by atoms with Gasteiger partial charge in [-0.3, -0.25) is 0 Å². The Hall–Kier alpha value is -1.05. The summed E-state index contributed by atoms with van der Waals surface area (Å²) in [6, 6.07) is 7.31. The monoisotopic (exact) mass is 249 g/mol. The molecular formula is C16H24FN. The molecule has 100 valence electrons. The molecule has 0 bridgehead atoms. The van der Waals surface area contributed by atoms with Crippen LogP contribution in [0.2, 0.25) is 0 Å². The molecule has 1 nitrogen and oxygen atoms in total. The predicted octanol–water partition coefficient (Wildman–Crippen LogP) is 4.84. The molecule has 1 saturated carbocycles. The summed E-state index contributed by atoms with van der Waals surface area (Å²) in [7, 11) is 0. The zero-order valence-corrected chi connectivity index (χ0v) is 11.5. The highest BCUT2D eigenvalue weighted by atomic mass is 19.1. The molecule has 0 radical (unpaired) electrons. The maximum absolute atomic E-state index is 13.1. The Bertz CT molecular complexity index is 375. The molecule has 0 heterocycles. The molecule has 2 unspecified atom stereocenters. The van der Waals surface area contributed by atoms with Crippen molar-refractivity contribution >= 4 is 5.69 Å². The Balaban J connectivity index is 1.91. The van der Waals surface area contributed by atoms with Gasteiger partial charge in [0.2, 0.25) is 0 Å². The van der Waals surface area contributed by atoms with Crippen LogP contribution in [0.25, 0.3) is 0 Å². The van der Waals surface area contributed by atoms with Crippen LogP contribution in [-0.2, 0) is 0 Å². The fraction of sp³-hybridized carbons (Fsp3) is 0.625. The van der Waals surface area contributed by atoms with Crippen molar-refractivity contribution in [2.75, 3.05) is 5.32 Å². The topological polar surface area (TPSA) is 12.0 Å². The van der Waals surface area contributed by atoms with Crippen molar-refractivity contribution < 1.29 is 4.39 Å². The molecule has 18 heavy (non-hydrogen) atoms. The fourth-order valence-electron chi connectivity index (χ4n) is 2.96. The molecule has 1 aliphatic carbocycles. The summed E-state index contributed by atoms with van der Waals surface area (Å²) in [5, 5.41) is 3.48. The Morgan fingerprint density at radius 3 is 2.72 bits per heavy atom. The van der Waals surface area contributed by atoms with Crippen LogP contribution in [0.4, 0.5) is 10.1 Å². The fourth-order valence-corrected chi connectivity index (χ4v) is 2.96. The molecule has 0 spiro atoms. The number of anilines is 1. The molecule has 2 rings (SSSR count). The van der Waals surface area contributed by atoms with Crippen molar-refractivity contribution in [2.45, 2.75) is 52.0 Å². The first kappa shape index (κ1) is 13.4. The summed E-state index contributed by atoms with van der Waals surface area (Å²) in [6.07, 6.45) is 6.35. The minimum Gasteiger partial charge on any atom is -0.382 e. The number of halogens is 1. The van der Waals surface area contributed by atoms with E-state index < -0.39 is 0 Å². The maximum atomic E-state index is 13.1. The van der Waals surface area contributed by atoms with Crippen LogP contribution in [0.5, 0.6) is 0 Å². The minimum absolute atomic E-state index is 0.159. The molecule has 2 heteroatoms. The van der Waals surface area contributed by atoms with E-state index >= 15 is 0 Å². The van der Waals surface area contributed by atoms with Gasteiger partial charge in [-0.15, -0.1) is 0 Å². The summed E-state index contributed by atoms with van der Waals surface area (Å²) in [6.45, 7) is 4.65. The Kier molecular flexibility index (Phi) is 4.62. The zero-order valence-electron chi connectivity index (χ0n) is 11.5. The van der Waals surface area contributed by atoms with Gasteiger partial charge in [-0.2, -0.15) is 0 Å². The van der Waals surface area contributed by atoms with Crippen LogP contribution in [0.15, 0.2) is 24.3 Å². The first-order chi connectivity index (χ1) is 8.65. The standard InChI is InChI=1S/C16H24FN/c1-12(2)13-5-3-7-15(10-9-13)18-16-8-4-6-14(17)11-16/h4,6,8,11-13,15,18H,3,5,7,9-10H2,1-2H3. The van der Waals surface area contributed by atoms with Gasteiger partial charge >= 0.3 is 0 Å². The van der Waals surface area contributed by atoms with E-state index in [4.69, 9.17) is 0 Å². The lowest BCUT2D eigenvalue weighted by Crippen LogP contribution is -2.18. The van der Waals surface area contributed by atoms with Gasteiger partial charge in [0.05, 0.1) is 0 Å². The Morgan fingerprint density at radius 1 is 1.17 bits per heavy atom. The molecule has 0 aliphatic heterocycles. The Morgan fingerprint density at radius 2 is 2.00 bits per heavy atom. The lowest BCUT2D eigenvalue weighted by atomic mass is 9.89. The van der Waals surface area contributed by atoms with Gasteiger partial charge in [0.1, 0.15) is 5.82 Å². The van der Waals surface area contributed by atoms with Gasteiger partial charge < -0.3 is 5.32 Å². The largest absolute Gasteiger partial charge is 0.382 e. The second kappa shape index (κ2) is 6.21. The molecular weight excluding hydrogens is 225 g/mol. The molecule has 1 aliphatic rings. The first-order valence-electron chi connectivity index (χ1n) is 7.17. The second-order valence-electron chi connectivity index (χ2n) is 5.86. The average Bonchev–Trinajstić information content (AvgIpc) is 2.55. The van der Waals surface area contributed by atoms with Crippen molar-refractivity contribution in [2.24, 2.45) is 11.8 Å². The van der Waals surface area contributed by atoms with E-state index in [1.807, 2.05) is 6.07 Å². The number of benzene rings is 1. The van der Waals surface area contributed by atoms with E-state index in [0.717, 1.165) is 17.5 Å². The van der Waals surface area contributed by atoms with Crippen molar-refractivity contribution in [3.63, 3.8) is 0 Å². The molecule has 1 N–H and O–H groups in total. The lowest BCUT2D eigenvalue weighted by molar-refractivity contribution is 0.341. The highest BCUT2D eigenvalue weighted by Gasteiger charge is 2.20. The van der Waals surface area contributed by atoms with E-state index in [1.54, 1.807) is 12.1 Å². The molecule has 1 fully saturated rings. The van der Waals surface area contributed by atoms with Crippen molar-refractivity contribution in [3.8, 4) is 0 Å². The van der Waals surface area contributed by atoms with E-state index in [1.165, 1.54) is 38.2 Å². The van der Waals surface area contributed by atoms with Crippen LogP contribution in [0, 0.1) is 17.7 Å². The summed E-state index contributed by atoms with van der Waals surface area (Å²) in [5.74, 6) is 1.50. The number of hydrogen-bond acceptors (Lipinski definition) is 1. The molecule has 0 amide bonds. The van der Waals surface area contributed by atoms with Crippen LogP contribution in [0.3, 0.4) is 0 Å². The maximum Gasteiger partial charge on any atom is 0.125 e. The van der Waals surface area contributed by atoms with Gasteiger partial charge in [-0.1, -0.05) is 32.8 Å². The van der Waals surface area contributed by atoms with Crippen molar-refractivity contribution in [3.05, 3.63) is 30.1 Å². The molecule has 1 aromatic rings. The number of rotatable bonds is 3. The summed E-state index contributed by atoms with van der Waals surface area (Å²) < 4.78 is 13.1. The van der Waals surface area contributed by atoms with E-state index in [2.05, 4.69) is 19.2 Å². The third-order valence-corrected chi connectivity index (χ3v) is 4.15. The SMILES string of the molecule is CC(C)C1CCCC(Nc2cccc(F)c2)CC1. The van der Waals surface area contributed by atoms with Crippen LogP contribution >= 0.6 is 0 Å². The minimum atomic E-state index is -0.159. The van der Waals surface area contributed by atoms with Crippen molar-refractivity contribution in [1.82, 2.24) is 0 Å². The highest BCUT2D eigenvalue weighted by Crippen LogP contribution is 2.30. The smallest absolute Gasteiger partial charge is 0.125 e. The summed E-state index contributed by atoms with van der Waals surface area (Å²) in [4.78, 5) is 0. The first-order valence-corrected chi connectivity index (χ1v) is 7.17. The van der Waals surface area contributed by atoms with Crippen LogP contribution in [-0.4, -0.2) is 6.04 Å².